The van der Waals surface area contributed by atoms with E-state index >= 15 is 0 Å². The molecule has 0 unspecified atom stereocenters. The first-order valence-corrected chi connectivity index (χ1v) is 7.30. The minimum atomic E-state index is 0.624. The highest BCUT2D eigenvalue weighted by molar-refractivity contribution is 6.14. The fourth-order valence-corrected chi connectivity index (χ4v) is 3.76. The van der Waals surface area contributed by atoms with Gasteiger partial charge in [-0.3, -0.25) is 0 Å². The molecule has 1 aliphatic rings. The van der Waals surface area contributed by atoms with E-state index in [1.807, 2.05) is 0 Å². The van der Waals surface area contributed by atoms with Crippen LogP contribution in [-0.2, 0) is 0 Å². The fourth-order valence-electron chi connectivity index (χ4n) is 3.76. The molecule has 1 aliphatic carbocycles. The van der Waals surface area contributed by atoms with E-state index < -0.39 is 0 Å². The van der Waals surface area contributed by atoms with Crippen molar-refractivity contribution in [2.75, 3.05) is 0 Å². The van der Waals surface area contributed by atoms with E-state index in [1.165, 1.54) is 37.8 Å². The van der Waals surface area contributed by atoms with Crippen molar-refractivity contribution in [1.82, 2.24) is 4.40 Å². The first kappa shape index (κ1) is 10.5. The minimum absolute atomic E-state index is 0.624. The second-order valence-corrected chi connectivity index (χ2v) is 5.94. The number of nitrogens with zero attached hydrogens (tertiary/aromatic N) is 1. The van der Waals surface area contributed by atoms with Gasteiger partial charge in [-0.05, 0) is 18.4 Å². The van der Waals surface area contributed by atoms with Gasteiger partial charge < -0.3 is 4.40 Å². The van der Waals surface area contributed by atoms with E-state index in [-0.39, 0.29) is 0 Å². The minimum Gasteiger partial charge on any atom is -0.308 e. The van der Waals surface area contributed by atoms with Gasteiger partial charge in [0.25, 0.3) is 0 Å². The molecule has 96 valence electrons. The molecule has 0 bridgehead atoms. The average molecular weight is 257 g/mol. The van der Waals surface area contributed by atoms with Crippen molar-refractivity contribution in [3.05, 3.63) is 53.0 Å². The molecular formula is C19H15N. The monoisotopic (exact) mass is 257 g/mol. The predicted molar refractivity (Wildman–Crippen MR) is 85.6 cm³/mol. The van der Waals surface area contributed by atoms with Gasteiger partial charge in [-0.25, -0.2) is 0 Å². The maximum atomic E-state index is 2.46. The summed E-state index contributed by atoms with van der Waals surface area (Å²) in [5.41, 5.74) is 2.72. The topological polar surface area (TPSA) is 4.41 Å². The van der Waals surface area contributed by atoms with Crippen molar-refractivity contribution >= 4 is 39.3 Å². The Morgan fingerprint density at radius 2 is 1.75 bits per heavy atom. The molecule has 1 nitrogen and oxygen atoms in total. The normalized spacial score (nSPS) is 18.4. The molecule has 2 aromatic carbocycles. The number of hydrogen-bond donors (Lipinski definition) is 0. The number of rotatable bonds is 0. The van der Waals surface area contributed by atoms with Crippen LogP contribution in [0, 0.1) is 5.92 Å². The van der Waals surface area contributed by atoms with Crippen molar-refractivity contribution in [3.63, 3.8) is 0 Å². The Hall–Kier alpha value is -2.28. The largest absolute Gasteiger partial charge is 0.308 e. The molecule has 0 saturated carbocycles. The zero-order valence-electron chi connectivity index (χ0n) is 11.4. The number of fused-ring (bicyclic) bond motifs is 6. The fraction of sp³-hybridized carbons (Fsp3) is 0.158. The quantitative estimate of drug-likeness (QED) is 0.455. The molecule has 0 N–H and O–H groups in total. The van der Waals surface area contributed by atoms with Crippen molar-refractivity contribution in [3.8, 4) is 0 Å². The van der Waals surface area contributed by atoms with Crippen LogP contribution in [0.15, 0.2) is 42.5 Å². The van der Waals surface area contributed by atoms with Crippen molar-refractivity contribution in [1.29, 1.82) is 0 Å². The molecule has 0 spiro atoms. The van der Waals surface area contributed by atoms with Crippen LogP contribution in [-0.4, -0.2) is 4.40 Å². The second kappa shape index (κ2) is 3.43. The smallest absolute Gasteiger partial charge is 0.0620 e. The lowest BCUT2D eigenvalue weighted by molar-refractivity contribution is 0.796. The summed E-state index contributed by atoms with van der Waals surface area (Å²) < 4.78 is 2.46. The highest BCUT2D eigenvalue weighted by atomic mass is 14.9. The van der Waals surface area contributed by atoms with E-state index in [4.69, 9.17) is 0 Å². The molecule has 2 aromatic heterocycles. The Morgan fingerprint density at radius 1 is 0.950 bits per heavy atom. The summed E-state index contributed by atoms with van der Waals surface area (Å²) in [6.45, 7) is 2.30. The third-order valence-corrected chi connectivity index (χ3v) is 4.64. The number of para-hydroxylation sites is 2. The molecule has 0 radical (unpaired) electrons. The van der Waals surface area contributed by atoms with Gasteiger partial charge >= 0.3 is 0 Å². The molecule has 0 saturated heterocycles. The van der Waals surface area contributed by atoms with Crippen LogP contribution in [0.3, 0.4) is 0 Å². The van der Waals surface area contributed by atoms with Gasteiger partial charge in [-0.1, -0.05) is 55.5 Å². The lowest BCUT2D eigenvalue weighted by atomic mass is 10.0. The molecule has 4 aromatic rings. The SMILES string of the molecule is C[C@H]1C=c2c(c3cccc4c5ccccc5n2c34)=CC1. The Balaban J connectivity index is 2.26. The van der Waals surface area contributed by atoms with E-state index in [0.29, 0.717) is 5.92 Å². The maximum Gasteiger partial charge on any atom is 0.0620 e. The van der Waals surface area contributed by atoms with E-state index in [1.54, 1.807) is 0 Å². The number of aromatic nitrogens is 1. The lowest BCUT2D eigenvalue weighted by Gasteiger charge is -2.05. The van der Waals surface area contributed by atoms with Crippen LogP contribution in [0.5, 0.6) is 0 Å². The molecule has 1 heteroatoms. The van der Waals surface area contributed by atoms with Gasteiger partial charge in [0.2, 0.25) is 0 Å². The Kier molecular flexibility index (Phi) is 1.80. The van der Waals surface area contributed by atoms with E-state index in [9.17, 15) is 0 Å². The Morgan fingerprint density at radius 3 is 2.70 bits per heavy atom. The molecule has 1 atom stereocenters. The van der Waals surface area contributed by atoms with Gasteiger partial charge in [-0.15, -0.1) is 0 Å². The third kappa shape index (κ3) is 1.10. The standard InChI is InChI=1S/C19H15N/c1-12-9-10-14-16-7-4-6-15-13-5-2-3-8-17(13)20(19(15)16)18(14)11-12/h2-8,10-12H,9H2,1H3/t12-/m1/s1. The van der Waals surface area contributed by atoms with Crippen molar-refractivity contribution < 1.29 is 0 Å². The van der Waals surface area contributed by atoms with Crippen LogP contribution < -0.4 is 10.6 Å². The summed E-state index contributed by atoms with van der Waals surface area (Å²) in [5.74, 6) is 0.624. The van der Waals surface area contributed by atoms with Gasteiger partial charge in [0.15, 0.2) is 0 Å². The summed E-state index contributed by atoms with van der Waals surface area (Å²) in [4.78, 5) is 0. The van der Waals surface area contributed by atoms with Crippen molar-refractivity contribution in [2.45, 2.75) is 13.3 Å². The summed E-state index contributed by atoms with van der Waals surface area (Å²) in [6, 6.07) is 15.5. The molecule has 5 rings (SSSR count). The summed E-state index contributed by atoms with van der Waals surface area (Å²) in [5, 5.41) is 6.95. The van der Waals surface area contributed by atoms with Gasteiger partial charge in [-0.2, -0.15) is 0 Å². The van der Waals surface area contributed by atoms with Crippen molar-refractivity contribution in [2.24, 2.45) is 5.92 Å². The highest BCUT2D eigenvalue weighted by Crippen LogP contribution is 2.30. The molecular weight excluding hydrogens is 242 g/mol. The Bertz CT molecular complexity index is 1080. The zero-order valence-corrected chi connectivity index (χ0v) is 11.4. The summed E-state index contributed by atoms with van der Waals surface area (Å²) >= 11 is 0. The van der Waals surface area contributed by atoms with Crippen LogP contribution in [0.25, 0.3) is 39.3 Å². The van der Waals surface area contributed by atoms with E-state index in [2.05, 4.69) is 65.9 Å². The van der Waals surface area contributed by atoms with Gasteiger partial charge in [0.05, 0.1) is 16.4 Å². The van der Waals surface area contributed by atoms with Crippen LogP contribution in [0.4, 0.5) is 0 Å². The number of benzene rings is 2. The molecule has 0 aliphatic heterocycles. The highest BCUT2D eigenvalue weighted by Gasteiger charge is 2.16. The molecule has 2 heterocycles. The summed E-state index contributed by atoms with van der Waals surface area (Å²) in [6.07, 6.45) is 6.00. The van der Waals surface area contributed by atoms with Crippen LogP contribution >= 0.6 is 0 Å². The maximum absolute atomic E-state index is 2.46. The van der Waals surface area contributed by atoms with E-state index in [0.717, 1.165) is 6.42 Å². The zero-order chi connectivity index (χ0) is 13.3. The first-order chi connectivity index (χ1) is 9.84. The van der Waals surface area contributed by atoms with Crippen LogP contribution in [0.2, 0.25) is 0 Å². The molecule has 0 amide bonds. The third-order valence-electron chi connectivity index (χ3n) is 4.64. The predicted octanol–water partition coefficient (Wildman–Crippen LogP) is 3.28. The first-order valence-electron chi connectivity index (χ1n) is 7.30. The molecule has 0 fully saturated rings. The second-order valence-electron chi connectivity index (χ2n) is 5.94. The van der Waals surface area contributed by atoms with Crippen LogP contribution in [0.1, 0.15) is 13.3 Å². The van der Waals surface area contributed by atoms with Gasteiger partial charge in [0, 0.05) is 21.4 Å². The lowest BCUT2D eigenvalue weighted by Crippen LogP contribution is -2.29. The Labute approximate surface area is 116 Å². The molecule has 20 heavy (non-hydrogen) atoms. The summed E-state index contributed by atoms with van der Waals surface area (Å²) in [7, 11) is 0. The van der Waals surface area contributed by atoms with Gasteiger partial charge in [0.1, 0.15) is 0 Å². The number of hydrogen-bond acceptors (Lipinski definition) is 0. The average Bonchev–Trinajstić information content (AvgIpc) is 2.98.